The van der Waals surface area contributed by atoms with Crippen molar-refractivity contribution in [1.29, 1.82) is 0 Å². The van der Waals surface area contributed by atoms with E-state index in [9.17, 15) is 20.0 Å². The van der Waals surface area contributed by atoms with E-state index in [1.807, 2.05) is 6.92 Å². The number of fused-ring (bicyclic) bond motifs is 1. The molecule has 0 amide bonds. The molecule has 0 atom stereocenters. The number of rotatable bonds is 6. The zero-order chi connectivity index (χ0) is 22.3. The Hall–Kier alpha value is -3.39. The van der Waals surface area contributed by atoms with Gasteiger partial charge >= 0.3 is 5.63 Å². The fraction of sp³-hybridized carbons (Fsp3) is 0.318. The fourth-order valence-corrected chi connectivity index (χ4v) is 2.89. The topological polar surface area (TPSA) is 109 Å². The van der Waals surface area contributed by atoms with E-state index in [2.05, 4.69) is 31.0 Å². The number of aryl methyl sites for hydroxylation is 1. The molecule has 2 N–H and O–H groups in total. The number of nitro benzene ring substituents is 1. The lowest BCUT2D eigenvalue weighted by atomic mass is 10.1. The van der Waals surface area contributed by atoms with E-state index in [1.165, 1.54) is 43.9 Å². The van der Waals surface area contributed by atoms with Gasteiger partial charge in [-0.15, -0.1) is 0 Å². The van der Waals surface area contributed by atoms with Gasteiger partial charge in [0, 0.05) is 17.8 Å². The van der Waals surface area contributed by atoms with E-state index in [1.54, 1.807) is 18.2 Å². The number of nitrogens with zero attached hydrogens (tertiary/aromatic N) is 2. The quantitative estimate of drug-likeness (QED) is 0.339. The summed E-state index contributed by atoms with van der Waals surface area (Å²) in [5, 5.41) is 24.1. The molecule has 0 radical (unpaired) electrons. The van der Waals surface area contributed by atoms with Crippen molar-refractivity contribution in [3.05, 3.63) is 68.6 Å². The second-order valence-corrected chi connectivity index (χ2v) is 6.66. The zero-order valence-electron chi connectivity index (χ0n) is 17.6. The summed E-state index contributed by atoms with van der Waals surface area (Å²) in [4.78, 5) is 24.5. The molecule has 0 aliphatic carbocycles. The Morgan fingerprint density at radius 2 is 1.67 bits per heavy atom. The van der Waals surface area contributed by atoms with Crippen LogP contribution in [0.1, 0.15) is 26.3 Å². The summed E-state index contributed by atoms with van der Waals surface area (Å²) in [6.45, 7) is 12.0. The number of benzene rings is 2. The van der Waals surface area contributed by atoms with E-state index in [0.717, 1.165) is 5.56 Å². The van der Waals surface area contributed by atoms with Gasteiger partial charge in [-0.2, -0.15) is 0 Å². The van der Waals surface area contributed by atoms with Gasteiger partial charge in [-0.1, -0.05) is 32.4 Å². The van der Waals surface area contributed by atoms with Crippen LogP contribution in [0.3, 0.4) is 0 Å². The Kier molecular flexibility index (Phi) is 7.94. The van der Waals surface area contributed by atoms with Crippen LogP contribution >= 0.6 is 0 Å². The highest BCUT2D eigenvalue weighted by atomic mass is 16.6. The van der Waals surface area contributed by atoms with Gasteiger partial charge in [-0.05, 0) is 50.8 Å². The molecule has 0 unspecified atom stereocenters. The van der Waals surface area contributed by atoms with Crippen molar-refractivity contribution < 1.29 is 14.4 Å². The molecule has 8 nitrogen and oxygen atoms in total. The fourth-order valence-electron chi connectivity index (χ4n) is 2.89. The number of nitro groups is 1. The molecule has 3 aromatic rings. The van der Waals surface area contributed by atoms with Gasteiger partial charge in [0.2, 0.25) is 0 Å². The largest absolute Gasteiger partial charge is 0.505 e. The minimum atomic E-state index is -0.725. The highest BCUT2D eigenvalue weighted by molar-refractivity contribution is 5.89. The Bertz CT molecular complexity index is 1050. The third-order valence-corrected chi connectivity index (χ3v) is 4.72. The van der Waals surface area contributed by atoms with Gasteiger partial charge in [-0.25, -0.2) is 4.79 Å². The lowest BCUT2D eigenvalue weighted by molar-refractivity contribution is -0.384. The molecule has 0 aliphatic heterocycles. The third-order valence-electron chi connectivity index (χ3n) is 4.72. The van der Waals surface area contributed by atoms with Crippen LogP contribution in [0.2, 0.25) is 0 Å². The van der Waals surface area contributed by atoms with Gasteiger partial charge in [0.15, 0.2) is 11.4 Å². The third kappa shape index (κ3) is 5.57. The van der Waals surface area contributed by atoms with Crippen molar-refractivity contribution >= 4 is 28.0 Å². The van der Waals surface area contributed by atoms with Crippen LogP contribution in [0.15, 0.2) is 51.7 Å². The number of aromatic hydroxyl groups is 1. The molecule has 0 aliphatic rings. The average molecular weight is 413 g/mol. The standard InChI is InChI=1S/C16H12N2O5.C6H15N/c1-9-2-7-13-12(8-9)15(19)14(16(20)23-13)17-10-3-5-11(6-4-10)18(21)22;1-4-7(5-2)6-3/h2-8,17,19H,1H3;4-6H2,1-3H3. The van der Waals surface area contributed by atoms with E-state index in [-0.39, 0.29) is 22.7 Å². The van der Waals surface area contributed by atoms with Crippen molar-refractivity contribution in [2.45, 2.75) is 27.7 Å². The summed E-state index contributed by atoms with van der Waals surface area (Å²) in [7, 11) is 0. The molecular weight excluding hydrogens is 386 g/mol. The highest BCUT2D eigenvalue weighted by Crippen LogP contribution is 2.32. The summed E-state index contributed by atoms with van der Waals surface area (Å²) >= 11 is 0. The first-order chi connectivity index (χ1) is 14.3. The van der Waals surface area contributed by atoms with Crippen molar-refractivity contribution in [3.63, 3.8) is 0 Å². The van der Waals surface area contributed by atoms with Gasteiger partial charge in [0.25, 0.3) is 5.69 Å². The van der Waals surface area contributed by atoms with Crippen LogP contribution in [-0.2, 0) is 0 Å². The molecule has 30 heavy (non-hydrogen) atoms. The van der Waals surface area contributed by atoms with Crippen LogP contribution in [0.5, 0.6) is 5.75 Å². The Morgan fingerprint density at radius 1 is 1.07 bits per heavy atom. The number of hydrogen-bond acceptors (Lipinski definition) is 7. The van der Waals surface area contributed by atoms with E-state index in [0.29, 0.717) is 11.1 Å². The van der Waals surface area contributed by atoms with E-state index >= 15 is 0 Å². The summed E-state index contributed by atoms with van der Waals surface area (Å²) < 4.78 is 5.18. The second kappa shape index (κ2) is 10.4. The second-order valence-electron chi connectivity index (χ2n) is 6.66. The Morgan fingerprint density at radius 3 is 2.17 bits per heavy atom. The van der Waals surface area contributed by atoms with Crippen molar-refractivity contribution in [2.24, 2.45) is 0 Å². The summed E-state index contributed by atoms with van der Waals surface area (Å²) in [5.41, 5.74) is 0.704. The lowest BCUT2D eigenvalue weighted by Crippen LogP contribution is -2.21. The van der Waals surface area contributed by atoms with Crippen molar-refractivity contribution in [3.8, 4) is 5.75 Å². The maximum Gasteiger partial charge on any atom is 0.364 e. The number of nitrogens with one attached hydrogen (secondary N) is 1. The SMILES string of the molecule is CCN(CC)CC.Cc1ccc2oc(=O)c(Nc3ccc([N+](=O)[O-])cc3)c(O)c2c1. The van der Waals surface area contributed by atoms with Crippen LogP contribution in [0, 0.1) is 17.0 Å². The molecule has 0 spiro atoms. The first kappa shape index (κ1) is 22.9. The number of hydrogen-bond donors (Lipinski definition) is 2. The molecule has 3 rings (SSSR count). The summed E-state index contributed by atoms with van der Waals surface area (Å²) in [5.74, 6) is -0.224. The molecule has 2 aromatic carbocycles. The normalized spacial score (nSPS) is 10.6. The first-order valence-electron chi connectivity index (χ1n) is 9.80. The Labute approximate surface area is 174 Å². The lowest BCUT2D eigenvalue weighted by Gasteiger charge is -2.13. The van der Waals surface area contributed by atoms with Crippen molar-refractivity contribution in [2.75, 3.05) is 25.0 Å². The maximum atomic E-state index is 12.0. The van der Waals surface area contributed by atoms with Gasteiger partial charge in [0.05, 0.1) is 10.3 Å². The summed E-state index contributed by atoms with van der Waals surface area (Å²) in [6, 6.07) is 10.6. The van der Waals surface area contributed by atoms with Crippen LogP contribution < -0.4 is 10.9 Å². The zero-order valence-corrected chi connectivity index (χ0v) is 17.6. The molecule has 0 fully saturated rings. The van der Waals surface area contributed by atoms with Crippen LogP contribution in [0.4, 0.5) is 17.1 Å². The molecule has 1 heterocycles. The van der Waals surface area contributed by atoms with Gasteiger partial charge in [-0.3, -0.25) is 10.1 Å². The molecule has 8 heteroatoms. The van der Waals surface area contributed by atoms with Crippen LogP contribution in [-0.4, -0.2) is 34.6 Å². The predicted octanol–water partition coefficient (Wildman–Crippen LogP) is 4.81. The first-order valence-corrected chi connectivity index (χ1v) is 9.80. The number of non-ortho nitro benzene ring substituents is 1. The molecule has 0 saturated heterocycles. The monoisotopic (exact) mass is 413 g/mol. The molecule has 0 saturated carbocycles. The average Bonchev–Trinajstić information content (AvgIpc) is 2.74. The van der Waals surface area contributed by atoms with Gasteiger partial charge < -0.3 is 19.7 Å². The smallest absolute Gasteiger partial charge is 0.364 e. The van der Waals surface area contributed by atoms with E-state index in [4.69, 9.17) is 4.42 Å². The minimum Gasteiger partial charge on any atom is -0.505 e. The molecule has 0 bridgehead atoms. The number of anilines is 2. The Balaban J connectivity index is 0.000000396. The summed E-state index contributed by atoms with van der Waals surface area (Å²) in [6.07, 6.45) is 0. The molecule has 160 valence electrons. The predicted molar refractivity (Wildman–Crippen MR) is 119 cm³/mol. The van der Waals surface area contributed by atoms with Crippen molar-refractivity contribution in [1.82, 2.24) is 4.90 Å². The minimum absolute atomic E-state index is 0.0686. The van der Waals surface area contributed by atoms with Gasteiger partial charge in [0.1, 0.15) is 5.58 Å². The van der Waals surface area contributed by atoms with Crippen LogP contribution in [0.25, 0.3) is 11.0 Å². The highest BCUT2D eigenvalue weighted by Gasteiger charge is 2.15. The van der Waals surface area contributed by atoms with E-state index < -0.39 is 10.5 Å². The molecular formula is C22H27N3O5. The molecule has 1 aromatic heterocycles. The maximum absolute atomic E-state index is 12.0.